The molecular formula is C22H34FIN4O2. The van der Waals surface area contributed by atoms with Gasteiger partial charge >= 0.3 is 0 Å². The molecule has 2 heterocycles. The smallest absolute Gasteiger partial charge is 0.217 e. The topological polar surface area (TPSA) is 80.0 Å². The van der Waals surface area contributed by atoms with Crippen LogP contribution in [0.1, 0.15) is 44.6 Å². The molecular weight excluding hydrogens is 498 g/mol. The number of hydrogen-bond acceptors (Lipinski definition) is 3. The zero-order valence-electron chi connectivity index (χ0n) is 17.7. The van der Waals surface area contributed by atoms with Gasteiger partial charge in [-0.2, -0.15) is 0 Å². The van der Waals surface area contributed by atoms with Gasteiger partial charge in [0.1, 0.15) is 5.82 Å². The molecule has 1 amide bonds. The molecule has 8 heteroatoms. The Morgan fingerprint density at radius 2 is 2.17 bits per heavy atom. The van der Waals surface area contributed by atoms with E-state index in [9.17, 15) is 9.18 Å². The van der Waals surface area contributed by atoms with Gasteiger partial charge in [0.15, 0.2) is 5.96 Å². The molecule has 2 saturated heterocycles. The number of benzene rings is 1. The Hall–Kier alpha value is -1.42. The van der Waals surface area contributed by atoms with Crippen LogP contribution in [0.15, 0.2) is 29.3 Å². The van der Waals surface area contributed by atoms with Gasteiger partial charge in [-0.3, -0.25) is 9.79 Å². The maximum Gasteiger partial charge on any atom is 0.217 e. The van der Waals surface area contributed by atoms with E-state index in [4.69, 9.17) is 15.5 Å². The summed E-state index contributed by atoms with van der Waals surface area (Å²) in [5, 5.41) is 3.40. The van der Waals surface area contributed by atoms with Crippen LogP contribution < -0.4 is 11.1 Å². The van der Waals surface area contributed by atoms with E-state index in [1.165, 1.54) is 6.07 Å². The lowest BCUT2D eigenvalue weighted by Crippen LogP contribution is -2.48. The quantitative estimate of drug-likeness (QED) is 0.336. The summed E-state index contributed by atoms with van der Waals surface area (Å²) in [7, 11) is 0. The summed E-state index contributed by atoms with van der Waals surface area (Å²) >= 11 is 0. The fourth-order valence-corrected chi connectivity index (χ4v) is 4.48. The molecule has 0 saturated carbocycles. The highest BCUT2D eigenvalue weighted by Crippen LogP contribution is 2.35. The third-order valence-corrected chi connectivity index (χ3v) is 6.06. The second kappa shape index (κ2) is 11.8. The van der Waals surface area contributed by atoms with Gasteiger partial charge in [-0.05, 0) is 56.2 Å². The first-order chi connectivity index (χ1) is 14.0. The maximum absolute atomic E-state index is 13.9. The Morgan fingerprint density at radius 3 is 2.83 bits per heavy atom. The Labute approximate surface area is 195 Å². The molecule has 6 nitrogen and oxygen atoms in total. The van der Waals surface area contributed by atoms with Crippen LogP contribution in [-0.4, -0.2) is 56.2 Å². The normalized spacial score (nSPS) is 21.6. The van der Waals surface area contributed by atoms with Gasteiger partial charge in [-0.15, -0.1) is 24.0 Å². The molecule has 1 aromatic rings. The fourth-order valence-electron chi connectivity index (χ4n) is 4.48. The molecule has 168 valence electrons. The Kier molecular flexibility index (Phi) is 9.80. The van der Waals surface area contributed by atoms with Crippen molar-refractivity contribution in [2.24, 2.45) is 16.6 Å². The Balaban J connectivity index is 0.00000320. The van der Waals surface area contributed by atoms with Crippen LogP contribution in [0.25, 0.3) is 0 Å². The van der Waals surface area contributed by atoms with Crippen molar-refractivity contribution >= 4 is 35.8 Å². The SMILES string of the molecule is CCNC(=NCC1(c2cccc(F)c2)CCOCC1)N1CCCC(CC(N)=O)C1.I. The number of carbonyl (C=O) groups is 1. The van der Waals surface area contributed by atoms with Gasteiger partial charge in [-0.25, -0.2) is 4.39 Å². The lowest BCUT2D eigenvalue weighted by Gasteiger charge is -2.38. The molecule has 0 bridgehead atoms. The highest BCUT2D eigenvalue weighted by molar-refractivity contribution is 14.0. The summed E-state index contributed by atoms with van der Waals surface area (Å²) in [6.45, 7) is 6.42. The second-order valence-electron chi connectivity index (χ2n) is 8.20. The summed E-state index contributed by atoms with van der Waals surface area (Å²) < 4.78 is 19.5. The first kappa shape index (κ1) is 24.8. The van der Waals surface area contributed by atoms with E-state index in [0.29, 0.717) is 26.2 Å². The van der Waals surface area contributed by atoms with Crippen molar-refractivity contribution in [3.8, 4) is 0 Å². The molecule has 1 unspecified atom stereocenters. The van der Waals surface area contributed by atoms with E-state index in [1.54, 1.807) is 12.1 Å². The van der Waals surface area contributed by atoms with E-state index < -0.39 is 0 Å². The molecule has 2 fully saturated rings. The molecule has 0 spiro atoms. The number of guanidine groups is 1. The number of halogens is 2. The number of nitrogens with two attached hydrogens (primary N) is 1. The molecule has 30 heavy (non-hydrogen) atoms. The first-order valence-corrected chi connectivity index (χ1v) is 10.7. The van der Waals surface area contributed by atoms with Gasteiger partial charge in [0.25, 0.3) is 0 Å². The van der Waals surface area contributed by atoms with Crippen LogP contribution in [-0.2, 0) is 14.9 Å². The molecule has 0 aromatic heterocycles. The highest BCUT2D eigenvalue weighted by Gasteiger charge is 2.35. The molecule has 3 N–H and O–H groups in total. The van der Waals surface area contributed by atoms with Crippen LogP contribution >= 0.6 is 24.0 Å². The van der Waals surface area contributed by atoms with Crippen molar-refractivity contribution < 1.29 is 13.9 Å². The number of nitrogens with zero attached hydrogens (tertiary/aromatic N) is 2. The molecule has 3 rings (SSSR count). The minimum Gasteiger partial charge on any atom is -0.381 e. The largest absolute Gasteiger partial charge is 0.381 e. The number of piperidine rings is 1. The van der Waals surface area contributed by atoms with Crippen molar-refractivity contribution in [1.82, 2.24) is 10.2 Å². The highest BCUT2D eigenvalue weighted by atomic mass is 127. The van der Waals surface area contributed by atoms with Crippen LogP contribution in [0.5, 0.6) is 0 Å². The van der Waals surface area contributed by atoms with Gasteiger partial charge in [0.05, 0.1) is 6.54 Å². The molecule has 0 radical (unpaired) electrons. The summed E-state index contributed by atoms with van der Waals surface area (Å²) in [5.74, 6) is 0.676. The Bertz CT molecular complexity index is 725. The van der Waals surface area contributed by atoms with E-state index in [2.05, 4.69) is 17.1 Å². The monoisotopic (exact) mass is 532 g/mol. The number of primary amides is 1. The van der Waals surface area contributed by atoms with Gasteiger partial charge in [0.2, 0.25) is 5.91 Å². The molecule has 2 aliphatic heterocycles. The van der Waals surface area contributed by atoms with Crippen molar-refractivity contribution in [3.05, 3.63) is 35.6 Å². The van der Waals surface area contributed by atoms with Crippen molar-refractivity contribution in [2.45, 2.75) is 44.4 Å². The lowest BCUT2D eigenvalue weighted by atomic mass is 9.74. The number of likely N-dealkylation sites (tertiary alicyclic amines) is 1. The summed E-state index contributed by atoms with van der Waals surface area (Å²) in [6.07, 6.45) is 4.10. The Morgan fingerprint density at radius 1 is 1.40 bits per heavy atom. The van der Waals surface area contributed by atoms with Crippen molar-refractivity contribution in [3.63, 3.8) is 0 Å². The number of carbonyl (C=O) groups excluding carboxylic acids is 1. The number of rotatable bonds is 6. The predicted octanol–water partition coefficient (Wildman–Crippen LogP) is 3.04. The fraction of sp³-hybridized carbons (Fsp3) is 0.636. The minimum atomic E-state index is -0.244. The lowest BCUT2D eigenvalue weighted by molar-refractivity contribution is -0.119. The van der Waals surface area contributed by atoms with Crippen LogP contribution in [0.4, 0.5) is 4.39 Å². The molecule has 0 aliphatic carbocycles. The average Bonchev–Trinajstić information content (AvgIpc) is 2.71. The molecule has 1 atom stereocenters. The average molecular weight is 532 g/mol. The third kappa shape index (κ3) is 6.54. The number of ether oxygens (including phenoxy) is 1. The number of nitrogens with one attached hydrogen (secondary N) is 1. The minimum absolute atomic E-state index is 0. The maximum atomic E-state index is 13.9. The second-order valence-corrected chi connectivity index (χ2v) is 8.20. The van der Waals surface area contributed by atoms with Crippen LogP contribution in [0, 0.1) is 11.7 Å². The van der Waals surface area contributed by atoms with Crippen molar-refractivity contribution in [1.29, 1.82) is 0 Å². The molecule has 1 aromatic carbocycles. The number of amides is 1. The molecule has 2 aliphatic rings. The van der Waals surface area contributed by atoms with Gasteiger partial charge < -0.3 is 20.7 Å². The van der Waals surface area contributed by atoms with Crippen LogP contribution in [0.3, 0.4) is 0 Å². The van der Waals surface area contributed by atoms with Crippen LogP contribution in [0.2, 0.25) is 0 Å². The zero-order chi connectivity index (χ0) is 20.7. The number of hydrogen-bond donors (Lipinski definition) is 2. The van der Waals surface area contributed by atoms with Crippen molar-refractivity contribution in [2.75, 3.05) is 39.4 Å². The van der Waals surface area contributed by atoms with Gasteiger partial charge in [-0.1, -0.05) is 12.1 Å². The predicted molar refractivity (Wildman–Crippen MR) is 128 cm³/mol. The zero-order valence-corrected chi connectivity index (χ0v) is 20.1. The van der Waals surface area contributed by atoms with E-state index in [-0.39, 0.29) is 47.0 Å². The van der Waals surface area contributed by atoms with E-state index in [0.717, 1.165) is 56.8 Å². The van der Waals surface area contributed by atoms with E-state index >= 15 is 0 Å². The summed E-state index contributed by atoms with van der Waals surface area (Å²) in [4.78, 5) is 18.6. The third-order valence-electron chi connectivity index (χ3n) is 6.06. The van der Waals surface area contributed by atoms with E-state index in [1.807, 2.05) is 6.07 Å². The van der Waals surface area contributed by atoms with Gasteiger partial charge in [0, 0.05) is 44.7 Å². The summed E-state index contributed by atoms with van der Waals surface area (Å²) in [6, 6.07) is 6.89. The number of aliphatic imine (C=N–C) groups is 1. The standard InChI is InChI=1S/C22H33FN4O2.HI/c1-2-25-21(27-10-4-5-17(15-27)13-20(24)28)26-16-22(8-11-29-12-9-22)18-6-3-7-19(23)14-18;/h3,6-7,14,17H,2,4-5,8-13,15-16H2,1H3,(H2,24,28)(H,25,26);1H. The first-order valence-electron chi connectivity index (χ1n) is 10.7. The summed E-state index contributed by atoms with van der Waals surface area (Å²) in [5.41, 5.74) is 6.18.